The van der Waals surface area contributed by atoms with Crippen LogP contribution in [0.2, 0.25) is 0 Å². The quantitative estimate of drug-likeness (QED) is 0.0584. The van der Waals surface area contributed by atoms with Gasteiger partial charge in [0.1, 0.15) is 0 Å². The van der Waals surface area contributed by atoms with Gasteiger partial charge in [0, 0.05) is 0 Å². The second-order valence-corrected chi connectivity index (χ2v) is 13.8. The van der Waals surface area contributed by atoms with Gasteiger partial charge in [-0.05, 0) is 30.0 Å². The molecule has 42 heavy (non-hydrogen) atoms. The predicted molar refractivity (Wildman–Crippen MR) is 184 cm³/mol. The molecule has 0 spiro atoms. The van der Waals surface area contributed by atoms with Crippen LogP contribution < -0.4 is 0 Å². The zero-order chi connectivity index (χ0) is 30.0. The van der Waals surface area contributed by atoms with Crippen LogP contribution in [0.25, 0.3) is 11.4 Å². The van der Waals surface area contributed by atoms with E-state index in [-0.39, 0.29) is 0 Å². The van der Waals surface area contributed by atoms with E-state index in [9.17, 15) is 4.57 Å². The van der Waals surface area contributed by atoms with Crippen molar-refractivity contribution >= 4 is 19.0 Å². The molecule has 2 aromatic carbocycles. The molecule has 236 valence electrons. The molecule has 0 bridgehead atoms. The Morgan fingerprint density at radius 2 is 0.881 bits per heavy atom. The maximum atomic E-state index is 14.5. The SMILES string of the molecule is CCCCCCCCCCCCOP(=O)(OCCCCCCCCCCCC)/C(=C/c1ccccc1)c1ccccc1. The van der Waals surface area contributed by atoms with Crippen molar-refractivity contribution in [3.63, 3.8) is 0 Å². The van der Waals surface area contributed by atoms with Crippen LogP contribution in [0.15, 0.2) is 60.7 Å². The first-order valence-electron chi connectivity index (χ1n) is 17.4. The first-order valence-corrected chi connectivity index (χ1v) is 19.0. The molecule has 3 nitrogen and oxygen atoms in total. The number of unbranched alkanes of at least 4 members (excludes halogenated alkanes) is 18. The molecule has 0 aromatic heterocycles. The molecular formula is C38H61O3P. The molecule has 0 amide bonds. The van der Waals surface area contributed by atoms with Gasteiger partial charge >= 0.3 is 7.60 Å². The third kappa shape index (κ3) is 16.8. The summed E-state index contributed by atoms with van der Waals surface area (Å²) in [4.78, 5) is 0. The van der Waals surface area contributed by atoms with E-state index >= 15 is 0 Å². The summed E-state index contributed by atoms with van der Waals surface area (Å²) < 4.78 is 27.0. The molecule has 0 N–H and O–H groups in total. The van der Waals surface area contributed by atoms with Gasteiger partial charge in [-0.15, -0.1) is 0 Å². The normalized spacial score (nSPS) is 12.2. The average Bonchev–Trinajstić information content (AvgIpc) is 3.02. The second-order valence-electron chi connectivity index (χ2n) is 11.8. The van der Waals surface area contributed by atoms with Crippen molar-refractivity contribution in [1.29, 1.82) is 0 Å². The van der Waals surface area contributed by atoms with Crippen LogP contribution in [0.1, 0.15) is 153 Å². The van der Waals surface area contributed by atoms with Gasteiger partial charge in [0.2, 0.25) is 0 Å². The molecule has 0 aliphatic rings. The molecule has 0 saturated carbocycles. The molecule has 0 radical (unpaired) electrons. The fourth-order valence-electron chi connectivity index (χ4n) is 5.36. The number of hydrogen-bond donors (Lipinski definition) is 0. The summed E-state index contributed by atoms with van der Waals surface area (Å²) in [5.74, 6) is 0. The van der Waals surface area contributed by atoms with Crippen molar-refractivity contribution in [1.82, 2.24) is 0 Å². The summed E-state index contributed by atoms with van der Waals surface area (Å²) >= 11 is 0. The van der Waals surface area contributed by atoms with Crippen LogP contribution in [-0.2, 0) is 13.6 Å². The van der Waals surface area contributed by atoms with E-state index in [1.807, 2.05) is 66.7 Å². The van der Waals surface area contributed by atoms with Gasteiger partial charge in [-0.3, -0.25) is 4.57 Å². The Labute approximate surface area is 259 Å². The molecule has 0 aliphatic carbocycles. The smallest absolute Gasteiger partial charge is 0.305 e. The van der Waals surface area contributed by atoms with Crippen molar-refractivity contribution in [3.8, 4) is 0 Å². The first kappa shape index (κ1) is 36.5. The van der Waals surface area contributed by atoms with Crippen molar-refractivity contribution in [2.24, 2.45) is 0 Å². The van der Waals surface area contributed by atoms with Gasteiger partial charge in [-0.1, -0.05) is 190 Å². The maximum absolute atomic E-state index is 14.5. The van der Waals surface area contributed by atoms with Crippen LogP contribution in [0.4, 0.5) is 0 Å². The molecule has 0 heterocycles. The summed E-state index contributed by atoms with van der Waals surface area (Å²) in [5.41, 5.74) is 1.90. The number of rotatable bonds is 27. The Kier molecular flexibility index (Phi) is 21.5. The summed E-state index contributed by atoms with van der Waals surface area (Å²) in [6.07, 6.45) is 27.2. The topological polar surface area (TPSA) is 35.5 Å². The lowest BCUT2D eigenvalue weighted by atomic mass is 10.1. The third-order valence-corrected chi connectivity index (χ3v) is 10.0. The Morgan fingerprint density at radius 3 is 1.29 bits per heavy atom. The molecule has 4 heteroatoms. The predicted octanol–water partition coefficient (Wildman–Crippen LogP) is 13.3. The maximum Gasteiger partial charge on any atom is 0.361 e. The molecule has 2 rings (SSSR count). The van der Waals surface area contributed by atoms with E-state index < -0.39 is 7.60 Å². The summed E-state index contributed by atoms with van der Waals surface area (Å²) in [5, 5.41) is 0.661. The fraction of sp³-hybridized carbons (Fsp3) is 0.632. The third-order valence-electron chi connectivity index (χ3n) is 7.99. The van der Waals surface area contributed by atoms with Crippen LogP contribution >= 0.6 is 7.60 Å². The van der Waals surface area contributed by atoms with Crippen LogP contribution in [0, 0.1) is 0 Å². The fourth-order valence-corrected chi connectivity index (χ4v) is 7.23. The van der Waals surface area contributed by atoms with Gasteiger partial charge in [-0.25, -0.2) is 0 Å². The lowest BCUT2D eigenvalue weighted by Gasteiger charge is -2.22. The minimum Gasteiger partial charge on any atom is -0.305 e. The lowest BCUT2D eigenvalue weighted by molar-refractivity contribution is 0.207. The zero-order valence-corrected chi connectivity index (χ0v) is 28.0. The highest BCUT2D eigenvalue weighted by Crippen LogP contribution is 2.61. The van der Waals surface area contributed by atoms with Crippen LogP contribution in [-0.4, -0.2) is 13.2 Å². The Morgan fingerprint density at radius 1 is 0.524 bits per heavy atom. The van der Waals surface area contributed by atoms with Crippen molar-refractivity contribution in [2.45, 2.75) is 142 Å². The number of hydrogen-bond acceptors (Lipinski definition) is 3. The molecule has 0 atom stereocenters. The highest BCUT2D eigenvalue weighted by Gasteiger charge is 2.31. The standard InChI is InChI=1S/C38H61O3P/c1-3-5-7-9-11-13-15-17-19-27-33-40-42(39,41-34-28-20-18-16-14-12-10-8-6-4-2)38(37-31-25-22-26-32-37)35-36-29-23-21-24-30-36/h21-26,29-32,35H,3-20,27-28,33-34H2,1-2H3/b38-35+. The van der Waals surface area contributed by atoms with E-state index in [1.165, 1.54) is 103 Å². The minimum absolute atomic E-state index is 0.463. The highest BCUT2D eigenvalue weighted by atomic mass is 31.2. The van der Waals surface area contributed by atoms with Crippen LogP contribution in [0.5, 0.6) is 0 Å². The Bertz CT molecular complexity index is 927. The van der Waals surface area contributed by atoms with Crippen molar-refractivity contribution in [2.75, 3.05) is 13.2 Å². The van der Waals surface area contributed by atoms with E-state index in [1.54, 1.807) is 0 Å². The molecular weight excluding hydrogens is 535 g/mol. The Balaban J connectivity index is 1.92. The van der Waals surface area contributed by atoms with Crippen molar-refractivity contribution in [3.05, 3.63) is 71.8 Å². The van der Waals surface area contributed by atoms with Gasteiger partial charge in [0.25, 0.3) is 0 Å². The van der Waals surface area contributed by atoms with Gasteiger partial charge in [0.15, 0.2) is 0 Å². The zero-order valence-electron chi connectivity index (χ0n) is 27.1. The second kappa shape index (κ2) is 24.7. The molecule has 2 aromatic rings. The van der Waals surface area contributed by atoms with Gasteiger partial charge < -0.3 is 9.05 Å². The van der Waals surface area contributed by atoms with Gasteiger partial charge in [-0.2, -0.15) is 0 Å². The number of benzene rings is 2. The first-order chi connectivity index (χ1) is 20.7. The monoisotopic (exact) mass is 596 g/mol. The summed E-state index contributed by atoms with van der Waals surface area (Å²) in [6, 6.07) is 20.1. The Hall–Kier alpha value is -1.67. The van der Waals surface area contributed by atoms with E-state index in [0.29, 0.717) is 18.5 Å². The average molecular weight is 597 g/mol. The molecule has 0 aliphatic heterocycles. The van der Waals surface area contributed by atoms with E-state index in [4.69, 9.17) is 9.05 Å². The molecule has 0 unspecified atom stereocenters. The van der Waals surface area contributed by atoms with Crippen molar-refractivity contribution < 1.29 is 13.6 Å². The molecule has 0 fully saturated rings. The van der Waals surface area contributed by atoms with E-state index in [0.717, 1.165) is 36.8 Å². The minimum atomic E-state index is -3.51. The van der Waals surface area contributed by atoms with Gasteiger partial charge in [0.05, 0.1) is 18.5 Å². The largest absolute Gasteiger partial charge is 0.361 e. The summed E-state index contributed by atoms with van der Waals surface area (Å²) in [7, 11) is -3.51. The summed E-state index contributed by atoms with van der Waals surface area (Å²) in [6.45, 7) is 5.46. The molecule has 0 saturated heterocycles. The highest BCUT2D eigenvalue weighted by molar-refractivity contribution is 7.65. The lowest BCUT2D eigenvalue weighted by Crippen LogP contribution is -2.02. The van der Waals surface area contributed by atoms with Crippen LogP contribution in [0.3, 0.4) is 0 Å². The van der Waals surface area contributed by atoms with E-state index in [2.05, 4.69) is 13.8 Å².